The highest BCUT2D eigenvalue weighted by molar-refractivity contribution is 5.74. The molecule has 3 heterocycles. The van der Waals surface area contributed by atoms with Crippen LogP contribution in [0, 0.1) is 12.8 Å². The van der Waals surface area contributed by atoms with Gasteiger partial charge in [-0.3, -0.25) is 18.3 Å². The first-order valence-electron chi connectivity index (χ1n) is 6.48. The molecule has 0 aliphatic carbocycles. The lowest BCUT2D eigenvalue weighted by atomic mass is 10.2. The van der Waals surface area contributed by atoms with Crippen LogP contribution in [0.1, 0.15) is 19.6 Å². The second-order valence-corrected chi connectivity index (χ2v) is 5.43. The van der Waals surface area contributed by atoms with Crippen molar-refractivity contribution in [2.45, 2.75) is 27.3 Å². The normalized spacial score (nSPS) is 12.1. The zero-order valence-corrected chi connectivity index (χ0v) is 11.9. The van der Waals surface area contributed by atoms with Gasteiger partial charge in [0.05, 0.1) is 6.20 Å². The van der Waals surface area contributed by atoms with E-state index < -0.39 is 0 Å². The molecule has 0 spiro atoms. The molecule has 0 saturated carbocycles. The predicted molar refractivity (Wildman–Crippen MR) is 74.0 cm³/mol. The maximum atomic E-state index is 12.6. The van der Waals surface area contributed by atoms with Crippen LogP contribution in [0.25, 0.3) is 17.0 Å². The van der Waals surface area contributed by atoms with Crippen LogP contribution in [0.2, 0.25) is 0 Å². The van der Waals surface area contributed by atoms with Crippen LogP contribution in [0.3, 0.4) is 0 Å². The van der Waals surface area contributed by atoms with Crippen LogP contribution >= 0.6 is 0 Å². The largest absolute Gasteiger partial charge is 0.428 e. The second kappa shape index (κ2) is 4.09. The summed E-state index contributed by atoms with van der Waals surface area (Å²) in [5.74, 6) is 1.19. The van der Waals surface area contributed by atoms with Gasteiger partial charge in [-0.05, 0) is 12.8 Å². The van der Waals surface area contributed by atoms with Crippen LogP contribution in [0.5, 0.6) is 0 Å². The summed E-state index contributed by atoms with van der Waals surface area (Å²) in [5.41, 5.74) is 0.0390. The molecule has 0 N–H and O–H groups in total. The van der Waals surface area contributed by atoms with Gasteiger partial charge in [0.15, 0.2) is 11.2 Å². The number of imidazole rings is 1. The summed E-state index contributed by atoms with van der Waals surface area (Å²) in [6, 6.07) is 0. The van der Waals surface area contributed by atoms with Gasteiger partial charge in [0.1, 0.15) is 5.76 Å². The summed E-state index contributed by atoms with van der Waals surface area (Å²) >= 11 is 0. The van der Waals surface area contributed by atoms with Crippen molar-refractivity contribution in [2.75, 3.05) is 0 Å². The van der Waals surface area contributed by atoms with E-state index in [0.29, 0.717) is 29.3 Å². The number of hydrogen-bond donors (Lipinski definition) is 0. The van der Waals surface area contributed by atoms with Crippen molar-refractivity contribution in [3.8, 4) is 0 Å². The molecule has 7 heteroatoms. The van der Waals surface area contributed by atoms with Gasteiger partial charge in [0.2, 0.25) is 0 Å². The van der Waals surface area contributed by atoms with E-state index >= 15 is 0 Å². The molecule has 3 rings (SSSR count). The molecule has 106 valence electrons. The Bertz CT molecular complexity index is 923. The van der Waals surface area contributed by atoms with E-state index in [2.05, 4.69) is 4.98 Å². The third-order valence-electron chi connectivity index (χ3n) is 3.25. The van der Waals surface area contributed by atoms with Gasteiger partial charge in [0.25, 0.3) is 5.56 Å². The molecule has 0 aromatic carbocycles. The number of nitrogens with zero attached hydrogens (tertiary/aromatic N) is 4. The van der Waals surface area contributed by atoms with Crippen LogP contribution in [-0.4, -0.2) is 18.5 Å². The van der Waals surface area contributed by atoms with Crippen LogP contribution in [-0.2, 0) is 13.6 Å². The highest BCUT2D eigenvalue weighted by atomic mass is 16.4. The summed E-state index contributed by atoms with van der Waals surface area (Å²) in [5, 5.41) is 0. The summed E-state index contributed by atoms with van der Waals surface area (Å²) in [7, 11) is 1.61. The number of hydrogen-bond acceptors (Lipinski definition) is 4. The van der Waals surface area contributed by atoms with Gasteiger partial charge in [-0.2, -0.15) is 4.98 Å². The number of fused-ring (bicyclic) bond motifs is 3. The van der Waals surface area contributed by atoms with Crippen LogP contribution in [0.15, 0.2) is 20.2 Å². The fourth-order valence-electron chi connectivity index (χ4n) is 2.39. The molecule has 0 amide bonds. The lowest BCUT2D eigenvalue weighted by Gasteiger charge is -2.09. The van der Waals surface area contributed by atoms with E-state index in [4.69, 9.17) is 4.42 Å². The monoisotopic (exact) mass is 276 g/mol. The second-order valence-electron chi connectivity index (χ2n) is 5.43. The Balaban J connectivity index is 2.50. The highest BCUT2D eigenvalue weighted by Crippen LogP contribution is 2.14. The molecule has 0 fully saturated rings. The smallest absolute Gasteiger partial charge is 0.332 e. The lowest BCUT2D eigenvalue weighted by Crippen LogP contribution is -2.40. The first-order chi connectivity index (χ1) is 9.40. The molecule has 0 aliphatic rings. The molecule has 0 bridgehead atoms. The average molecular weight is 276 g/mol. The zero-order chi connectivity index (χ0) is 14.6. The van der Waals surface area contributed by atoms with Crippen molar-refractivity contribution in [1.82, 2.24) is 18.5 Å². The maximum absolute atomic E-state index is 12.6. The van der Waals surface area contributed by atoms with Crippen molar-refractivity contribution in [1.29, 1.82) is 0 Å². The maximum Gasteiger partial charge on any atom is 0.332 e. The minimum Gasteiger partial charge on any atom is -0.428 e. The van der Waals surface area contributed by atoms with E-state index in [0.717, 1.165) is 0 Å². The number of rotatable bonds is 2. The Morgan fingerprint density at radius 3 is 2.70 bits per heavy atom. The average Bonchev–Trinajstić information content (AvgIpc) is 2.87. The third kappa shape index (κ3) is 1.62. The molecule has 3 aromatic rings. The van der Waals surface area contributed by atoms with E-state index in [9.17, 15) is 9.59 Å². The summed E-state index contributed by atoms with van der Waals surface area (Å²) in [6.07, 6.45) is 1.70. The number of aryl methyl sites for hydroxylation is 2. The van der Waals surface area contributed by atoms with Gasteiger partial charge in [-0.15, -0.1) is 0 Å². The Morgan fingerprint density at radius 2 is 2.05 bits per heavy atom. The fraction of sp³-hybridized carbons (Fsp3) is 0.462. The fourth-order valence-corrected chi connectivity index (χ4v) is 2.39. The minimum absolute atomic E-state index is 0.201. The Labute approximate surface area is 114 Å². The SMILES string of the molecule is Cc1cn2c(nc3c2c(=O)n(CC(C)C)c(=O)n3C)o1. The van der Waals surface area contributed by atoms with Crippen molar-refractivity contribution < 1.29 is 4.42 Å². The molecule has 0 atom stereocenters. The molecule has 20 heavy (non-hydrogen) atoms. The van der Waals surface area contributed by atoms with Crippen molar-refractivity contribution in [2.24, 2.45) is 13.0 Å². The summed E-state index contributed by atoms with van der Waals surface area (Å²) in [4.78, 5) is 29.0. The summed E-state index contributed by atoms with van der Waals surface area (Å²) in [6.45, 7) is 6.09. The first kappa shape index (κ1) is 12.7. The van der Waals surface area contributed by atoms with Gasteiger partial charge < -0.3 is 4.42 Å². The van der Waals surface area contributed by atoms with E-state index in [1.165, 1.54) is 9.13 Å². The Morgan fingerprint density at radius 1 is 1.35 bits per heavy atom. The molecule has 3 aromatic heterocycles. The molecule has 7 nitrogen and oxygen atoms in total. The van der Waals surface area contributed by atoms with Gasteiger partial charge in [-0.1, -0.05) is 13.8 Å². The zero-order valence-electron chi connectivity index (χ0n) is 11.9. The van der Waals surface area contributed by atoms with Crippen LogP contribution in [0.4, 0.5) is 0 Å². The summed E-state index contributed by atoms with van der Waals surface area (Å²) < 4.78 is 9.65. The molecule has 0 aliphatic heterocycles. The molecule has 0 unspecified atom stereocenters. The van der Waals surface area contributed by atoms with Crippen LogP contribution < -0.4 is 11.2 Å². The van der Waals surface area contributed by atoms with Gasteiger partial charge in [0, 0.05) is 13.6 Å². The number of oxazole rings is 1. The number of aromatic nitrogens is 4. The standard InChI is InChI=1S/C13H16N4O3/c1-7(2)5-17-11(18)9-10(15(4)13(17)19)14-12-16(9)6-8(3)20-12/h6-7H,5H2,1-4H3. The van der Waals surface area contributed by atoms with E-state index in [-0.39, 0.29) is 17.2 Å². The molecule has 0 radical (unpaired) electrons. The first-order valence-corrected chi connectivity index (χ1v) is 6.48. The predicted octanol–water partition coefficient (Wildman–Crippen LogP) is 0.905. The molecule has 0 saturated heterocycles. The third-order valence-corrected chi connectivity index (χ3v) is 3.25. The Kier molecular flexibility index (Phi) is 2.60. The quantitative estimate of drug-likeness (QED) is 0.697. The van der Waals surface area contributed by atoms with Crippen molar-refractivity contribution in [3.63, 3.8) is 0 Å². The van der Waals surface area contributed by atoms with E-state index in [1.807, 2.05) is 13.8 Å². The Hall–Kier alpha value is -2.31. The van der Waals surface area contributed by atoms with Gasteiger partial charge in [-0.25, -0.2) is 4.79 Å². The lowest BCUT2D eigenvalue weighted by molar-refractivity contribution is 0.484. The van der Waals surface area contributed by atoms with Crippen molar-refractivity contribution in [3.05, 3.63) is 32.8 Å². The van der Waals surface area contributed by atoms with E-state index in [1.54, 1.807) is 24.6 Å². The molecular weight excluding hydrogens is 260 g/mol. The topological polar surface area (TPSA) is 74.4 Å². The van der Waals surface area contributed by atoms with Gasteiger partial charge >= 0.3 is 11.5 Å². The molecular formula is C13H16N4O3. The van der Waals surface area contributed by atoms with Crippen molar-refractivity contribution >= 4 is 17.0 Å². The highest BCUT2D eigenvalue weighted by Gasteiger charge is 2.19. The minimum atomic E-state index is -0.353.